The van der Waals surface area contributed by atoms with Gasteiger partial charge in [-0.15, -0.1) is 0 Å². The number of hydrogen-bond donors (Lipinski definition) is 0. The van der Waals surface area contributed by atoms with Crippen molar-refractivity contribution in [3.63, 3.8) is 0 Å². The summed E-state index contributed by atoms with van der Waals surface area (Å²) in [6, 6.07) is 0. The predicted octanol–water partition coefficient (Wildman–Crippen LogP) is 3.56. The van der Waals surface area contributed by atoms with E-state index in [1.54, 1.807) is 7.11 Å². The predicted molar refractivity (Wildman–Crippen MR) is 60.1 cm³/mol. The zero-order valence-corrected chi connectivity index (χ0v) is 10.1. The Hall–Kier alpha value is -0.0800. The average molecular weight is 201 g/mol. The summed E-state index contributed by atoms with van der Waals surface area (Å²) in [5, 5.41) is 0. The molecule has 2 heteroatoms. The smallest absolute Gasteiger partial charge is 0.168 e. The van der Waals surface area contributed by atoms with E-state index >= 15 is 0 Å². The molecule has 0 bridgehead atoms. The van der Waals surface area contributed by atoms with Gasteiger partial charge in [0.1, 0.15) is 0 Å². The topological polar surface area (TPSA) is 18.5 Å². The number of ether oxygens (including phenoxy) is 2. The lowest BCUT2D eigenvalue weighted by molar-refractivity contribution is -0.248. The van der Waals surface area contributed by atoms with Gasteiger partial charge in [-0.3, -0.25) is 0 Å². The summed E-state index contributed by atoms with van der Waals surface area (Å²) in [5.74, 6) is -0.374. The highest BCUT2D eigenvalue weighted by molar-refractivity contribution is 4.70. The van der Waals surface area contributed by atoms with Crippen molar-refractivity contribution in [1.29, 1.82) is 0 Å². The van der Waals surface area contributed by atoms with Crippen LogP contribution in [0.15, 0.2) is 0 Å². The number of hydrogen-bond acceptors (Lipinski definition) is 2. The third-order valence-electron chi connectivity index (χ3n) is 2.26. The van der Waals surface area contributed by atoms with Crippen LogP contribution in [0.4, 0.5) is 0 Å². The van der Waals surface area contributed by atoms with E-state index in [1.807, 2.05) is 13.8 Å². The van der Waals surface area contributed by atoms with Crippen molar-refractivity contribution in [3.8, 4) is 0 Å². The first-order valence-electron chi connectivity index (χ1n) is 5.62. The Morgan fingerprint density at radius 2 is 1.93 bits per heavy atom. The van der Waals surface area contributed by atoms with Crippen LogP contribution in [0.1, 0.15) is 52.9 Å². The SMILES string of the molecule is [CH2]CCCC(CCC)(OC)OC(C)C. The largest absolute Gasteiger partial charge is 0.353 e. The Balaban J connectivity index is 4.26. The van der Waals surface area contributed by atoms with Crippen LogP contribution < -0.4 is 0 Å². The van der Waals surface area contributed by atoms with E-state index in [9.17, 15) is 0 Å². The molecule has 0 rings (SSSR count). The quantitative estimate of drug-likeness (QED) is 0.559. The van der Waals surface area contributed by atoms with E-state index in [4.69, 9.17) is 9.47 Å². The molecule has 0 aromatic heterocycles. The summed E-state index contributed by atoms with van der Waals surface area (Å²) < 4.78 is 11.4. The summed E-state index contributed by atoms with van der Waals surface area (Å²) in [4.78, 5) is 0. The van der Waals surface area contributed by atoms with Crippen LogP contribution >= 0.6 is 0 Å². The molecule has 1 unspecified atom stereocenters. The molecular formula is C12H25O2. The molecule has 0 fully saturated rings. The zero-order chi connectivity index (χ0) is 11.0. The zero-order valence-electron chi connectivity index (χ0n) is 10.1. The maximum Gasteiger partial charge on any atom is 0.168 e. The van der Waals surface area contributed by atoms with Crippen LogP contribution in [-0.2, 0) is 9.47 Å². The lowest BCUT2D eigenvalue weighted by Crippen LogP contribution is -2.37. The van der Waals surface area contributed by atoms with Crippen molar-refractivity contribution >= 4 is 0 Å². The number of methoxy groups -OCH3 is 1. The van der Waals surface area contributed by atoms with Crippen molar-refractivity contribution in [2.24, 2.45) is 0 Å². The van der Waals surface area contributed by atoms with E-state index < -0.39 is 0 Å². The van der Waals surface area contributed by atoms with E-state index in [0.29, 0.717) is 0 Å². The van der Waals surface area contributed by atoms with Crippen LogP contribution in [0.3, 0.4) is 0 Å². The van der Waals surface area contributed by atoms with Gasteiger partial charge < -0.3 is 9.47 Å². The lowest BCUT2D eigenvalue weighted by atomic mass is 10.0. The Morgan fingerprint density at radius 1 is 1.29 bits per heavy atom. The number of rotatable bonds is 8. The lowest BCUT2D eigenvalue weighted by Gasteiger charge is -2.34. The fourth-order valence-electron chi connectivity index (χ4n) is 1.70. The third-order valence-corrected chi connectivity index (χ3v) is 2.26. The van der Waals surface area contributed by atoms with Crippen LogP contribution in [0, 0.1) is 6.92 Å². The van der Waals surface area contributed by atoms with Crippen molar-refractivity contribution in [2.75, 3.05) is 7.11 Å². The Bertz CT molecular complexity index is 134. The van der Waals surface area contributed by atoms with Crippen molar-refractivity contribution in [2.45, 2.75) is 64.8 Å². The molecule has 0 aliphatic rings. The molecule has 14 heavy (non-hydrogen) atoms. The molecule has 0 aliphatic carbocycles. The maximum atomic E-state index is 5.88. The van der Waals surface area contributed by atoms with Gasteiger partial charge in [0, 0.05) is 20.0 Å². The fourth-order valence-corrected chi connectivity index (χ4v) is 1.70. The summed E-state index contributed by atoms with van der Waals surface area (Å²) in [5.41, 5.74) is 0. The van der Waals surface area contributed by atoms with Gasteiger partial charge >= 0.3 is 0 Å². The molecule has 0 N–H and O–H groups in total. The molecule has 0 spiro atoms. The highest BCUT2D eigenvalue weighted by Gasteiger charge is 2.30. The second-order valence-corrected chi connectivity index (χ2v) is 3.99. The van der Waals surface area contributed by atoms with Crippen LogP contribution in [-0.4, -0.2) is 19.0 Å². The third kappa shape index (κ3) is 4.97. The molecule has 0 saturated heterocycles. The molecule has 0 aliphatic heterocycles. The Morgan fingerprint density at radius 3 is 2.29 bits per heavy atom. The molecule has 0 aromatic rings. The van der Waals surface area contributed by atoms with Gasteiger partial charge in [0.15, 0.2) is 5.79 Å². The minimum Gasteiger partial charge on any atom is -0.353 e. The minimum atomic E-state index is -0.374. The van der Waals surface area contributed by atoms with Crippen LogP contribution in [0.5, 0.6) is 0 Å². The molecule has 1 radical (unpaired) electrons. The van der Waals surface area contributed by atoms with Gasteiger partial charge in [0.2, 0.25) is 0 Å². The second kappa shape index (κ2) is 7.24. The Labute approximate surface area is 89.0 Å². The van der Waals surface area contributed by atoms with Gasteiger partial charge in [0.05, 0.1) is 6.10 Å². The van der Waals surface area contributed by atoms with Crippen LogP contribution in [0.25, 0.3) is 0 Å². The average Bonchev–Trinajstić information content (AvgIpc) is 2.14. The Kier molecular flexibility index (Phi) is 7.20. The normalized spacial score (nSPS) is 15.9. The second-order valence-electron chi connectivity index (χ2n) is 3.99. The van der Waals surface area contributed by atoms with Gasteiger partial charge in [0.25, 0.3) is 0 Å². The van der Waals surface area contributed by atoms with Gasteiger partial charge in [-0.05, 0) is 20.3 Å². The van der Waals surface area contributed by atoms with Gasteiger partial charge in [-0.1, -0.05) is 26.7 Å². The van der Waals surface area contributed by atoms with E-state index in [1.165, 1.54) is 0 Å². The van der Waals surface area contributed by atoms with E-state index in [0.717, 1.165) is 32.1 Å². The summed E-state index contributed by atoms with van der Waals surface area (Å²) in [6.45, 7) is 10.1. The monoisotopic (exact) mass is 201 g/mol. The molecular weight excluding hydrogens is 176 g/mol. The molecule has 2 nitrogen and oxygen atoms in total. The van der Waals surface area contributed by atoms with Crippen molar-refractivity contribution in [1.82, 2.24) is 0 Å². The molecule has 0 aromatic carbocycles. The fraction of sp³-hybridized carbons (Fsp3) is 0.917. The summed E-state index contributed by atoms with van der Waals surface area (Å²) in [6.07, 6.45) is 5.20. The maximum absolute atomic E-state index is 5.88. The van der Waals surface area contributed by atoms with E-state index in [2.05, 4.69) is 13.8 Å². The number of unbranched alkanes of at least 4 members (excludes halogenated alkanes) is 1. The molecule has 0 amide bonds. The summed E-state index contributed by atoms with van der Waals surface area (Å²) >= 11 is 0. The molecule has 85 valence electrons. The first kappa shape index (κ1) is 13.9. The highest BCUT2D eigenvalue weighted by atomic mass is 16.7. The summed E-state index contributed by atoms with van der Waals surface area (Å²) in [7, 11) is 1.74. The first-order chi connectivity index (χ1) is 6.60. The molecule has 1 atom stereocenters. The van der Waals surface area contributed by atoms with E-state index in [-0.39, 0.29) is 11.9 Å². The van der Waals surface area contributed by atoms with Gasteiger partial charge in [-0.2, -0.15) is 0 Å². The van der Waals surface area contributed by atoms with Crippen molar-refractivity contribution in [3.05, 3.63) is 6.92 Å². The molecule has 0 saturated carbocycles. The van der Waals surface area contributed by atoms with Crippen LogP contribution in [0.2, 0.25) is 0 Å². The van der Waals surface area contributed by atoms with Crippen molar-refractivity contribution < 1.29 is 9.47 Å². The highest BCUT2D eigenvalue weighted by Crippen LogP contribution is 2.27. The first-order valence-corrected chi connectivity index (χ1v) is 5.62. The van der Waals surface area contributed by atoms with Gasteiger partial charge in [-0.25, -0.2) is 0 Å². The standard InChI is InChI=1S/C12H25O2/c1-6-8-10-12(13-5,9-7-2)14-11(3)4/h11H,1,6-10H2,2-5H3. The minimum absolute atomic E-state index is 0.214. The molecule has 0 heterocycles.